The van der Waals surface area contributed by atoms with E-state index in [2.05, 4.69) is 37.7 Å². The van der Waals surface area contributed by atoms with E-state index in [0.717, 1.165) is 25.1 Å². The summed E-state index contributed by atoms with van der Waals surface area (Å²) in [5.74, 6) is 0.934. The van der Waals surface area contributed by atoms with Gasteiger partial charge in [-0.1, -0.05) is 27.7 Å². The number of aryl methyl sites for hydroxylation is 1. The minimum absolute atomic E-state index is 0.242. The van der Waals surface area contributed by atoms with Crippen LogP contribution in [0.5, 0.6) is 0 Å². The van der Waals surface area contributed by atoms with Crippen LogP contribution in [0, 0.1) is 0 Å². The molecule has 0 aliphatic heterocycles. The fourth-order valence-corrected chi connectivity index (χ4v) is 1.51. The van der Waals surface area contributed by atoms with Crippen LogP contribution in [0.25, 0.3) is 0 Å². The average Bonchev–Trinajstić information content (AvgIpc) is 2.28. The zero-order chi connectivity index (χ0) is 10.6. The highest BCUT2D eigenvalue weighted by Crippen LogP contribution is 2.29. The van der Waals surface area contributed by atoms with Crippen molar-refractivity contribution in [2.45, 2.75) is 52.4 Å². The van der Waals surface area contributed by atoms with Gasteiger partial charge in [-0.05, 0) is 23.8 Å². The van der Waals surface area contributed by atoms with Crippen LogP contribution in [0.15, 0.2) is 12.4 Å². The van der Waals surface area contributed by atoms with Gasteiger partial charge in [-0.25, -0.2) is 9.97 Å². The molecule has 1 aromatic rings. The first-order chi connectivity index (χ1) is 6.66. The molecule has 2 heteroatoms. The second-order valence-electron chi connectivity index (χ2n) is 4.01. The van der Waals surface area contributed by atoms with Crippen molar-refractivity contribution in [1.29, 1.82) is 0 Å². The SMILES string of the molecule is CCc1ncc(C(C)(CC)CC)cn1. The molecule has 0 N–H and O–H groups in total. The van der Waals surface area contributed by atoms with E-state index in [9.17, 15) is 0 Å². The third kappa shape index (κ3) is 2.11. The second kappa shape index (κ2) is 4.54. The predicted molar refractivity (Wildman–Crippen MR) is 59.3 cm³/mol. The van der Waals surface area contributed by atoms with Crippen molar-refractivity contribution < 1.29 is 0 Å². The van der Waals surface area contributed by atoms with E-state index in [0.29, 0.717) is 0 Å². The van der Waals surface area contributed by atoms with Gasteiger partial charge >= 0.3 is 0 Å². The summed E-state index contributed by atoms with van der Waals surface area (Å²) in [5.41, 5.74) is 1.51. The Kier molecular flexibility index (Phi) is 3.62. The number of hydrogen-bond donors (Lipinski definition) is 0. The Bertz CT molecular complexity index is 273. The Morgan fingerprint density at radius 3 is 1.93 bits per heavy atom. The minimum atomic E-state index is 0.242. The summed E-state index contributed by atoms with van der Waals surface area (Å²) in [7, 11) is 0. The first-order valence-electron chi connectivity index (χ1n) is 5.47. The van der Waals surface area contributed by atoms with Crippen LogP contribution in [0.4, 0.5) is 0 Å². The van der Waals surface area contributed by atoms with Crippen molar-refractivity contribution in [1.82, 2.24) is 9.97 Å². The molecule has 0 aliphatic carbocycles. The maximum Gasteiger partial charge on any atom is 0.127 e. The van der Waals surface area contributed by atoms with Crippen molar-refractivity contribution in [3.8, 4) is 0 Å². The molecule has 0 spiro atoms. The van der Waals surface area contributed by atoms with Crippen molar-refractivity contribution in [2.24, 2.45) is 0 Å². The normalized spacial score (nSPS) is 11.7. The maximum atomic E-state index is 4.35. The predicted octanol–water partition coefficient (Wildman–Crippen LogP) is 3.12. The molecule has 1 rings (SSSR count). The highest BCUT2D eigenvalue weighted by Gasteiger charge is 2.22. The first kappa shape index (κ1) is 11.2. The lowest BCUT2D eigenvalue weighted by atomic mass is 9.79. The lowest BCUT2D eigenvalue weighted by Crippen LogP contribution is -2.20. The van der Waals surface area contributed by atoms with Gasteiger partial charge in [-0.3, -0.25) is 0 Å². The van der Waals surface area contributed by atoms with E-state index in [4.69, 9.17) is 0 Å². The van der Waals surface area contributed by atoms with Gasteiger partial charge in [-0.15, -0.1) is 0 Å². The molecule has 0 unspecified atom stereocenters. The van der Waals surface area contributed by atoms with E-state index >= 15 is 0 Å². The molecule has 0 aromatic carbocycles. The van der Waals surface area contributed by atoms with E-state index in [1.54, 1.807) is 0 Å². The first-order valence-corrected chi connectivity index (χ1v) is 5.47. The van der Waals surface area contributed by atoms with Gasteiger partial charge in [-0.2, -0.15) is 0 Å². The van der Waals surface area contributed by atoms with Gasteiger partial charge in [0, 0.05) is 18.8 Å². The van der Waals surface area contributed by atoms with Crippen LogP contribution >= 0.6 is 0 Å². The largest absolute Gasteiger partial charge is 0.241 e. The highest BCUT2D eigenvalue weighted by molar-refractivity contribution is 5.17. The molecule has 0 saturated heterocycles. The van der Waals surface area contributed by atoms with Crippen LogP contribution in [0.3, 0.4) is 0 Å². The number of hydrogen-bond acceptors (Lipinski definition) is 2. The molecule has 0 amide bonds. The van der Waals surface area contributed by atoms with Gasteiger partial charge in [0.05, 0.1) is 0 Å². The van der Waals surface area contributed by atoms with Crippen LogP contribution in [0.1, 0.15) is 51.9 Å². The summed E-state index contributed by atoms with van der Waals surface area (Å²) in [4.78, 5) is 8.70. The lowest BCUT2D eigenvalue weighted by molar-refractivity contribution is 0.435. The van der Waals surface area contributed by atoms with E-state index < -0.39 is 0 Å². The van der Waals surface area contributed by atoms with Crippen molar-refractivity contribution in [2.75, 3.05) is 0 Å². The van der Waals surface area contributed by atoms with E-state index in [1.165, 1.54) is 5.56 Å². The van der Waals surface area contributed by atoms with Gasteiger partial charge in [0.25, 0.3) is 0 Å². The molecule has 0 bridgehead atoms. The summed E-state index contributed by atoms with van der Waals surface area (Å²) in [6, 6.07) is 0. The summed E-state index contributed by atoms with van der Waals surface area (Å²) in [6.45, 7) is 8.79. The van der Waals surface area contributed by atoms with E-state index in [1.807, 2.05) is 12.4 Å². The Hall–Kier alpha value is -0.920. The molecule has 1 heterocycles. The fourth-order valence-electron chi connectivity index (χ4n) is 1.51. The zero-order valence-corrected chi connectivity index (χ0v) is 9.67. The lowest BCUT2D eigenvalue weighted by Gasteiger charge is -2.26. The Morgan fingerprint density at radius 2 is 1.57 bits per heavy atom. The molecule has 0 fully saturated rings. The van der Waals surface area contributed by atoms with Gasteiger partial charge in [0.2, 0.25) is 0 Å². The molecule has 2 nitrogen and oxygen atoms in total. The molecule has 0 aliphatic rings. The average molecular weight is 192 g/mol. The summed E-state index contributed by atoms with van der Waals surface area (Å²) >= 11 is 0. The molecule has 78 valence electrons. The molecule has 14 heavy (non-hydrogen) atoms. The standard InChI is InChI=1S/C12H20N2/c1-5-11-13-8-10(9-14-11)12(4,6-2)7-3/h8-9H,5-7H2,1-4H3. The number of nitrogens with zero attached hydrogens (tertiary/aromatic N) is 2. The molecular formula is C12H20N2. The third-order valence-corrected chi connectivity index (χ3v) is 3.28. The Labute approximate surface area is 86.8 Å². The number of rotatable bonds is 4. The summed E-state index contributed by atoms with van der Waals surface area (Å²) < 4.78 is 0. The van der Waals surface area contributed by atoms with Crippen molar-refractivity contribution in [3.05, 3.63) is 23.8 Å². The second-order valence-corrected chi connectivity index (χ2v) is 4.01. The van der Waals surface area contributed by atoms with Gasteiger partial charge in [0.15, 0.2) is 0 Å². The molecule has 0 saturated carbocycles. The molecule has 0 radical (unpaired) electrons. The van der Waals surface area contributed by atoms with Crippen molar-refractivity contribution >= 4 is 0 Å². The quantitative estimate of drug-likeness (QED) is 0.732. The van der Waals surface area contributed by atoms with Crippen LogP contribution in [-0.4, -0.2) is 9.97 Å². The summed E-state index contributed by atoms with van der Waals surface area (Å²) in [5, 5.41) is 0. The minimum Gasteiger partial charge on any atom is -0.241 e. The Morgan fingerprint density at radius 1 is 1.07 bits per heavy atom. The topological polar surface area (TPSA) is 25.8 Å². The molecule has 1 aromatic heterocycles. The third-order valence-electron chi connectivity index (χ3n) is 3.28. The monoisotopic (exact) mass is 192 g/mol. The van der Waals surface area contributed by atoms with Crippen molar-refractivity contribution in [3.63, 3.8) is 0 Å². The zero-order valence-electron chi connectivity index (χ0n) is 9.67. The Balaban J connectivity index is 2.95. The van der Waals surface area contributed by atoms with Crippen LogP contribution < -0.4 is 0 Å². The number of aromatic nitrogens is 2. The van der Waals surface area contributed by atoms with Crippen LogP contribution in [-0.2, 0) is 11.8 Å². The summed E-state index contributed by atoms with van der Waals surface area (Å²) in [6.07, 6.45) is 7.16. The fraction of sp³-hybridized carbons (Fsp3) is 0.667. The van der Waals surface area contributed by atoms with Gasteiger partial charge in [0.1, 0.15) is 5.82 Å². The maximum absolute atomic E-state index is 4.35. The molecule has 0 atom stereocenters. The van der Waals surface area contributed by atoms with Gasteiger partial charge < -0.3 is 0 Å². The van der Waals surface area contributed by atoms with E-state index in [-0.39, 0.29) is 5.41 Å². The van der Waals surface area contributed by atoms with Crippen LogP contribution in [0.2, 0.25) is 0 Å². The molecular weight excluding hydrogens is 172 g/mol. The highest BCUT2D eigenvalue weighted by atomic mass is 14.9. The smallest absolute Gasteiger partial charge is 0.127 e.